The van der Waals surface area contributed by atoms with Gasteiger partial charge in [-0.1, -0.05) is 18.2 Å². The SMILES string of the molecule is O=S(=O)(NCCN1CCCC(C2CCNN2)C1)c1ccccc1. The van der Waals surface area contributed by atoms with Crippen molar-refractivity contribution in [3.8, 4) is 0 Å². The van der Waals surface area contributed by atoms with Crippen molar-refractivity contribution >= 4 is 10.0 Å². The van der Waals surface area contributed by atoms with E-state index in [4.69, 9.17) is 0 Å². The van der Waals surface area contributed by atoms with Crippen LogP contribution in [0.15, 0.2) is 35.2 Å². The summed E-state index contributed by atoms with van der Waals surface area (Å²) in [5, 5.41) is 0. The van der Waals surface area contributed by atoms with Crippen LogP contribution in [0.4, 0.5) is 0 Å². The zero-order chi connectivity index (χ0) is 16.1. The second-order valence-electron chi connectivity index (χ2n) is 6.38. The maximum atomic E-state index is 12.2. The number of hydrazine groups is 1. The number of nitrogens with zero attached hydrogens (tertiary/aromatic N) is 1. The average molecular weight is 338 g/mol. The number of sulfonamides is 1. The molecule has 2 aliphatic heterocycles. The molecule has 2 heterocycles. The van der Waals surface area contributed by atoms with Crippen molar-refractivity contribution in [2.45, 2.75) is 30.2 Å². The molecule has 2 aliphatic rings. The number of hydrogen-bond donors (Lipinski definition) is 3. The number of piperidine rings is 1. The zero-order valence-electron chi connectivity index (χ0n) is 13.4. The van der Waals surface area contributed by atoms with E-state index < -0.39 is 10.0 Å². The first kappa shape index (κ1) is 16.9. The van der Waals surface area contributed by atoms with Gasteiger partial charge < -0.3 is 4.90 Å². The lowest BCUT2D eigenvalue weighted by Gasteiger charge is -2.35. The number of likely N-dealkylation sites (tertiary alicyclic amines) is 1. The maximum absolute atomic E-state index is 12.2. The molecule has 2 fully saturated rings. The highest BCUT2D eigenvalue weighted by atomic mass is 32.2. The van der Waals surface area contributed by atoms with Crippen molar-refractivity contribution in [1.82, 2.24) is 20.5 Å². The number of rotatable bonds is 6. The molecule has 0 aliphatic carbocycles. The maximum Gasteiger partial charge on any atom is 0.240 e. The molecular formula is C16H26N4O2S. The van der Waals surface area contributed by atoms with Gasteiger partial charge in [0, 0.05) is 32.2 Å². The van der Waals surface area contributed by atoms with E-state index in [1.807, 2.05) is 6.07 Å². The van der Waals surface area contributed by atoms with Gasteiger partial charge in [0.15, 0.2) is 0 Å². The fourth-order valence-electron chi connectivity index (χ4n) is 3.50. The molecular weight excluding hydrogens is 312 g/mol. The van der Waals surface area contributed by atoms with Crippen molar-refractivity contribution in [2.75, 3.05) is 32.7 Å². The van der Waals surface area contributed by atoms with Crippen molar-refractivity contribution in [3.63, 3.8) is 0 Å². The third kappa shape index (κ3) is 4.51. The van der Waals surface area contributed by atoms with Gasteiger partial charge in [0.1, 0.15) is 0 Å². The summed E-state index contributed by atoms with van der Waals surface area (Å²) in [6.45, 7) is 4.37. The van der Waals surface area contributed by atoms with Gasteiger partial charge in [0.25, 0.3) is 0 Å². The lowest BCUT2D eigenvalue weighted by molar-refractivity contribution is 0.152. The first-order valence-electron chi connectivity index (χ1n) is 8.40. The fourth-order valence-corrected chi connectivity index (χ4v) is 4.54. The predicted molar refractivity (Wildman–Crippen MR) is 90.3 cm³/mol. The minimum Gasteiger partial charge on any atom is -0.302 e. The van der Waals surface area contributed by atoms with E-state index in [9.17, 15) is 8.42 Å². The quantitative estimate of drug-likeness (QED) is 0.706. The van der Waals surface area contributed by atoms with E-state index in [2.05, 4.69) is 20.5 Å². The molecule has 3 rings (SSSR count). The molecule has 6 nitrogen and oxygen atoms in total. The third-order valence-electron chi connectivity index (χ3n) is 4.75. The third-order valence-corrected chi connectivity index (χ3v) is 6.23. The van der Waals surface area contributed by atoms with Crippen LogP contribution in [0.2, 0.25) is 0 Å². The van der Waals surface area contributed by atoms with Gasteiger partial charge >= 0.3 is 0 Å². The Bertz CT molecular complexity index is 587. The molecule has 128 valence electrons. The highest BCUT2D eigenvalue weighted by Gasteiger charge is 2.29. The molecule has 3 N–H and O–H groups in total. The fraction of sp³-hybridized carbons (Fsp3) is 0.625. The van der Waals surface area contributed by atoms with E-state index in [0.717, 1.165) is 26.2 Å². The molecule has 0 radical (unpaired) electrons. The van der Waals surface area contributed by atoms with Gasteiger partial charge in [-0.2, -0.15) is 0 Å². The van der Waals surface area contributed by atoms with Crippen LogP contribution in [0, 0.1) is 5.92 Å². The molecule has 2 unspecified atom stereocenters. The van der Waals surface area contributed by atoms with Crippen LogP contribution in [0.5, 0.6) is 0 Å². The molecule has 0 aromatic heterocycles. The van der Waals surface area contributed by atoms with Gasteiger partial charge in [0.05, 0.1) is 4.90 Å². The highest BCUT2D eigenvalue weighted by molar-refractivity contribution is 7.89. The Morgan fingerprint density at radius 2 is 2.04 bits per heavy atom. The average Bonchev–Trinajstić information content (AvgIpc) is 3.10. The van der Waals surface area contributed by atoms with Gasteiger partial charge in [-0.25, -0.2) is 13.1 Å². The predicted octanol–water partition coefficient (Wildman–Crippen LogP) is 0.543. The monoisotopic (exact) mass is 338 g/mol. The summed E-state index contributed by atoms with van der Waals surface area (Å²) in [4.78, 5) is 2.71. The molecule has 2 atom stereocenters. The molecule has 0 spiro atoms. The Balaban J connectivity index is 1.46. The Kier molecular flexibility index (Phi) is 5.66. The number of benzene rings is 1. The van der Waals surface area contributed by atoms with Gasteiger partial charge in [-0.15, -0.1) is 0 Å². The Morgan fingerprint density at radius 1 is 1.22 bits per heavy atom. The van der Waals surface area contributed by atoms with Crippen LogP contribution in [0.3, 0.4) is 0 Å². The topological polar surface area (TPSA) is 73.5 Å². The summed E-state index contributed by atoms with van der Waals surface area (Å²) in [5.74, 6) is 0.657. The second kappa shape index (κ2) is 7.72. The molecule has 7 heteroatoms. The van der Waals surface area contributed by atoms with Crippen molar-refractivity contribution in [3.05, 3.63) is 30.3 Å². The summed E-state index contributed by atoms with van der Waals surface area (Å²) in [7, 11) is -3.39. The molecule has 0 amide bonds. The number of nitrogens with one attached hydrogen (secondary N) is 3. The molecule has 0 bridgehead atoms. The second-order valence-corrected chi connectivity index (χ2v) is 8.15. The molecule has 1 aromatic carbocycles. The Labute approximate surface area is 138 Å². The lowest BCUT2D eigenvalue weighted by Crippen LogP contribution is -2.46. The molecule has 1 aromatic rings. The minimum absolute atomic E-state index is 0.331. The molecule has 0 saturated carbocycles. The molecule has 2 saturated heterocycles. The zero-order valence-corrected chi connectivity index (χ0v) is 14.2. The van der Waals surface area contributed by atoms with Crippen molar-refractivity contribution in [2.24, 2.45) is 5.92 Å². The van der Waals surface area contributed by atoms with Crippen molar-refractivity contribution in [1.29, 1.82) is 0 Å². The van der Waals surface area contributed by atoms with E-state index >= 15 is 0 Å². The smallest absolute Gasteiger partial charge is 0.240 e. The highest BCUT2D eigenvalue weighted by Crippen LogP contribution is 2.22. The summed E-state index contributed by atoms with van der Waals surface area (Å²) in [6, 6.07) is 9.10. The van der Waals surface area contributed by atoms with E-state index in [-0.39, 0.29) is 0 Å². The number of hydrogen-bond acceptors (Lipinski definition) is 5. The summed E-state index contributed by atoms with van der Waals surface area (Å²) < 4.78 is 27.1. The normalized spacial score (nSPS) is 26.4. The van der Waals surface area contributed by atoms with Gasteiger partial charge in [-0.05, 0) is 43.9 Å². The Morgan fingerprint density at radius 3 is 2.78 bits per heavy atom. The van der Waals surface area contributed by atoms with Gasteiger partial charge in [0.2, 0.25) is 10.0 Å². The van der Waals surface area contributed by atoms with E-state index in [1.165, 1.54) is 19.3 Å². The van der Waals surface area contributed by atoms with Crippen LogP contribution in [0.25, 0.3) is 0 Å². The van der Waals surface area contributed by atoms with Crippen LogP contribution in [0.1, 0.15) is 19.3 Å². The molecule has 23 heavy (non-hydrogen) atoms. The summed E-state index contributed by atoms with van der Waals surface area (Å²) in [6.07, 6.45) is 3.62. The van der Waals surface area contributed by atoms with Crippen molar-refractivity contribution < 1.29 is 8.42 Å². The minimum atomic E-state index is -3.39. The van der Waals surface area contributed by atoms with Crippen LogP contribution < -0.4 is 15.6 Å². The Hall–Kier alpha value is -0.990. The first-order chi connectivity index (χ1) is 11.1. The van der Waals surface area contributed by atoms with E-state index in [0.29, 0.717) is 23.4 Å². The van der Waals surface area contributed by atoms with E-state index in [1.54, 1.807) is 24.3 Å². The van der Waals surface area contributed by atoms with Crippen LogP contribution >= 0.6 is 0 Å². The summed E-state index contributed by atoms with van der Waals surface area (Å²) in [5.41, 5.74) is 6.57. The largest absolute Gasteiger partial charge is 0.302 e. The van der Waals surface area contributed by atoms with Gasteiger partial charge in [-0.3, -0.25) is 10.9 Å². The summed E-state index contributed by atoms with van der Waals surface area (Å²) >= 11 is 0. The van der Waals surface area contributed by atoms with Crippen LogP contribution in [-0.2, 0) is 10.0 Å². The first-order valence-corrected chi connectivity index (χ1v) is 9.89. The lowest BCUT2D eigenvalue weighted by atomic mass is 9.90. The standard InChI is InChI=1S/C16H26N4O2S/c21-23(22,15-6-2-1-3-7-15)18-10-12-20-11-4-5-14(13-20)16-8-9-17-19-16/h1-3,6-7,14,16-19H,4-5,8-13H2. The van der Waals surface area contributed by atoms with Crippen LogP contribution in [-0.4, -0.2) is 52.1 Å².